The lowest BCUT2D eigenvalue weighted by molar-refractivity contribution is 0.102. The Morgan fingerprint density at radius 2 is 1.66 bits per heavy atom. The Balaban J connectivity index is 1.39. The number of methoxy groups -OCH3 is 1. The van der Waals surface area contributed by atoms with Crippen LogP contribution in [-0.4, -0.2) is 61.9 Å². The molecule has 0 unspecified atom stereocenters. The number of amides is 1. The predicted molar refractivity (Wildman–Crippen MR) is 120 cm³/mol. The van der Waals surface area contributed by atoms with Gasteiger partial charge in [0.1, 0.15) is 11.6 Å². The van der Waals surface area contributed by atoms with Gasteiger partial charge in [0, 0.05) is 49.8 Å². The Morgan fingerprint density at radius 1 is 0.969 bits per heavy atom. The van der Waals surface area contributed by atoms with Gasteiger partial charge < -0.3 is 15.0 Å². The van der Waals surface area contributed by atoms with Crippen molar-refractivity contribution in [3.63, 3.8) is 0 Å². The summed E-state index contributed by atoms with van der Waals surface area (Å²) in [6, 6.07) is 12.9. The Labute approximate surface area is 186 Å². The van der Waals surface area contributed by atoms with Crippen LogP contribution in [0.4, 0.5) is 11.5 Å². The second kappa shape index (κ2) is 9.33. The number of aromatic nitrogens is 2. The molecule has 0 bridgehead atoms. The lowest BCUT2D eigenvalue weighted by atomic mass is 10.2. The summed E-state index contributed by atoms with van der Waals surface area (Å²) in [5.74, 6) is 1.11. The first-order chi connectivity index (χ1) is 15.5. The van der Waals surface area contributed by atoms with Crippen LogP contribution >= 0.6 is 0 Å². The number of piperazine rings is 1. The molecule has 10 heteroatoms. The van der Waals surface area contributed by atoms with Crippen molar-refractivity contribution in [3.8, 4) is 5.75 Å². The first kappa shape index (κ1) is 21.7. The minimum atomic E-state index is -3.63. The molecule has 1 aromatic heterocycles. The summed E-state index contributed by atoms with van der Waals surface area (Å²) in [5, 5.41) is 2.77. The number of rotatable bonds is 6. The Bertz CT molecular complexity index is 1160. The van der Waals surface area contributed by atoms with Crippen molar-refractivity contribution in [1.82, 2.24) is 14.3 Å². The highest BCUT2D eigenvalue weighted by molar-refractivity contribution is 7.89. The van der Waals surface area contributed by atoms with Crippen LogP contribution in [0.2, 0.25) is 0 Å². The van der Waals surface area contributed by atoms with Crippen molar-refractivity contribution in [2.24, 2.45) is 0 Å². The van der Waals surface area contributed by atoms with E-state index >= 15 is 0 Å². The molecule has 1 aliphatic heterocycles. The van der Waals surface area contributed by atoms with E-state index < -0.39 is 10.0 Å². The summed E-state index contributed by atoms with van der Waals surface area (Å²) in [6.07, 6.45) is 4.89. The monoisotopic (exact) mass is 453 g/mol. The highest BCUT2D eigenvalue weighted by Gasteiger charge is 2.29. The van der Waals surface area contributed by atoms with Crippen molar-refractivity contribution in [2.75, 3.05) is 43.5 Å². The number of sulfonamides is 1. The average Bonchev–Trinajstić information content (AvgIpc) is 2.85. The van der Waals surface area contributed by atoms with Crippen LogP contribution < -0.4 is 15.0 Å². The summed E-state index contributed by atoms with van der Waals surface area (Å²) in [5.41, 5.74) is 0.987. The number of carbonyl (C=O) groups excluding carboxylic acids is 1. The molecule has 0 radical (unpaired) electrons. The molecular formula is C22H23N5O4S. The van der Waals surface area contributed by atoms with E-state index in [0.29, 0.717) is 43.2 Å². The van der Waals surface area contributed by atoms with E-state index in [9.17, 15) is 13.2 Å². The number of benzene rings is 2. The molecule has 32 heavy (non-hydrogen) atoms. The quantitative estimate of drug-likeness (QED) is 0.610. The molecule has 1 N–H and O–H groups in total. The third-order valence-corrected chi connectivity index (χ3v) is 7.13. The van der Waals surface area contributed by atoms with E-state index in [1.54, 1.807) is 62.1 Å². The van der Waals surface area contributed by atoms with Crippen LogP contribution in [0.25, 0.3) is 0 Å². The molecule has 166 valence electrons. The van der Waals surface area contributed by atoms with E-state index in [-0.39, 0.29) is 10.8 Å². The fourth-order valence-corrected chi connectivity index (χ4v) is 4.84. The van der Waals surface area contributed by atoms with Crippen molar-refractivity contribution in [2.45, 2.75) is 4.90 Å². The molecule has 4 rings (SSSR count). The average molecular weight is 454 g/mol. The van der Waals surface area contributed by atoms with Crippen molar-refractivity contribution in [3.05, 3.63) is 72.7 Å². The molecular weight excluding hydrogens is 430 g/mol. The highest BCUT2D eigenvalue weighted by atomic mass is 32.2. The van der Waals surface area contributed by atoms with Gasteiger partial charge in [-0.2, -0.15) is 4.31 Å². The lowest BCUT2D eigenvalue weighted by Gasteiger charge is -2.34. The molecule has 0 saturated carbocycles. The zero-order valence-electron chi connectivity index (χ0n) is 17.5. The molecule has 1 aliphatic rings. The Hall–Kier alpha value is -3.50. The van der Waals surface area contributed by atoms with Crippen LogP contribution in [0.15, 0.2) is 72.0 Å². The van der Waals surface area contributed by atoms with Crippen LogP contribution in [0.1, 0.15) is 10.4 Å². The maximum atomic E-state index is 13.0. The van der Waals surface area contributed by atoms with Gasteiger partial charge in [-0.1, -0.05) is 0 Å². The van der Waals surface area contributed by atoms with Gasteiger partial charge in [-0.05, 0) is 48.5 Å². The van der Waals surface area contributed by atoms with Crippen molar-refractivity contribution < 1.29 is 17.9 Å². The molecule has 0 spiro atoms. The van der Waals surface area contributed by atoms with Gasteiger partial charge in [-0.25, -0.2) is 13.4 Å². The maximum absolute atomic E-state index is 13.0. The van der Waals surface area contributed by atoms with Crippen LogP contribution in [0.3, 0.4) is 0 Å². The zero-order valence-corrected chi connectivity index (χ0v) is 18.3. The maximum Gasteiger partial charge on any atom is 0.255 e. The molecule has 1 amide bonds. The SMILES string of the molecule is COc1ccc(C(=O)Nc2ccc(S(=O)(=O)N3CCN(c4cnccn4)CC3)cc2)cc1. The molecule has 2 heterocycles. The van der Waals surface area contributed by atoms with E-state index in [0.717, 1.165) is 5.82 Å². The third kappa shape index (κ3) is 4.71. The molecule has 9 nitrogen and oxygen atoms in total. The number of hydrogen-bond acceptors (Lipinski definition) is 7. The predicted octanol–water partition coefficient (Wildman–Crippen LogP) is 2.25. The fourth-order valence-electron chi connectivity index (χ4n) is 3.42. The summed E-state index contributed by atoms with van der Waals surface area (Å²) in [6.45, 7) is 1.78. The minimum Gasteiger partial charge on any atom is -0.497 e. The van der Waals surface area contributed by atoms with E-state index in [4.69, 9.17) is 4.74 Å². The Kier molecular flexibility index (Phi) is 6.33. The van der Waals surface area contributed by atoms with Crippen LogP contribution in [0, 0.1) is 0 Å². The van der Waals surface area contributed by atoms with Gasteiger partial charge in [0.25, 0.3) is 5.91 Å². The van der Waals surface area contributed by atoms with Gasteiger partial charge >= 0.3 is 0 Å². The third-order valence-electron chi connectivity index (χ3n) is 5.21. The normalized spacial score (nSPS) is 14.7. The summed E-state index contributed by atoms with van der Waals surface area (Å²) < 4.78 is 32.6. The van der Waals surface area contributed by atoms with E-state index in [1.165, 1.54) is 16.4 Å². The first-order valence-corrected chi connectivity index (χ1v) is 11.5. The van der Waals surface area contributed by atoms with E-state index in [2.05, 4.69) is 15.3 Å². The van der Waals surface area contributed by atoms with Crippen molar-refractivity contribution >= 4 is 27.4 Å². The highest BCUT2D eigenvalue weighted by Crippen LogP contribution is 2.22. The molecule has 0 atom stereocenters. The largest absolute Gasteiger partial charge is 0.497 e. The van der Waals surface area contributed by atoms with Crippen molar-refractivity contribution in [1.29, 1.82) is 0 Å². The molecule has 1 saturated heterocycles. The number of hydrogen-bond donors (Lipinski definition) is 1. The van der Waals surface area contributed by atoms with Crippen LogP contribution in [0.5, 0.6) is 5.75 Å². The van der Waals surface area contributed by atoms with Crippen LogP contribution in [-0.2, 0) is 10.0 Å². The second-order valence-electron chi connectivity index (χ2n) is 7.16. The van der Waals surface area contributed by atoms with Gasteiger partial charge in [0.15, 0.2) is 0 Å². The number of ether oxygens (including phenoxy) is 1. The Morgan fingerprint density at radius 3 is 2.25 bits per heavy atom. The summed E-state index contributed by atoms with van der Waals surface area (Å²) >= 11 is 0. The van der Waals surface area contributed by atoms with E-state index in [1.807, 2.05) is 4.90 Å². The summed E-state index contributed by atoms with van der Waals surface area (Å²) in [4.78, 5) is 22.9. The number of carbonyl (C=O) groups is 1. The zero-order chi connectivity index (χ0) is 22.6. The smallest absolute Gasteiger partial charge is 0.255 e. The molecule has 2 aromatic carbocycles. The van der Waals surface area contributed by atoms with Gasteiger partial charge in [-0.15, -0.1) is 0 Å². The molecule has 3 aromatic rings. The number of nitrogens with zero attached hydrogens (tertiary/aromatic N) is 4. The molecule has 0 aliphatic carbocycles. The number of anilines is 2. The topological polar surface area (TPSA) is 105 Å². The standard InChI is InChI=1S/C22H23N5O4S/c1-31-19-6-2-17(3-7-19)22(28)25-18-4-8-20(9-5-18)32(29,30)27-14-12-26(13-15-27)21-16-23-10-11-24-21/h2-11,16H,12-15H2,1H3,(H,25,28). The second-order valence-corrected chi connectivity index (χ2v) is 9.10. The van der Waals surface area contributed by atoms with Gasteiger partial charge in [0.05, 0.1) is 18.2 Å². The molecule has 1 fully saturated rings. The van der Waals surface area contributed by atoms with Gasteiger partial charge in [-0.3, -0.25) is 9.78 Å². The first-order valence-electron chi connectivity index (χ1n) is 10.0. The lowest BCUT2D eigenvalue weighted by Crippen LogP contribution is -2.48. The fraction of sp³-hybridized carbons (Fsp3) is 0.227. The summed E-state index contributed by atoms with van der Waals surface area (Å²) in [7, 11) is -2.07. The number of nitrogens with one attached hydrogen (secondary N) is 1. The minimum absolute atomic E-state index is 0.188. The van der Waals surface area contributed by atoms with Gasteiger partial charge in [0.2, 0.25) is 10.0 Å².